The number of aromatic nitrogens is 1. The molecule has 1 aromatic heterocycles. The van der Waals surface area contributed by atoms with Gasteiger partial charge in [0.15, 0.2) is 0 Å². The molecule has 1 N–H and O–H groups in total. The molecule has 1 saturated heterocycles. The predicted octanol–water partition coefficient (Wildman–Crippen LogP) is -0.475. The number of hydrogen-bond acceptors (Lipinski definition) is 3. The number of likely N-dealkylation sites (tertiary alicyclic amines) is 1. The van der Waals surface area contributed by atoms with E-state index in [0.29, 0.717) is 6.54 Å². The van der Waals surface area contributed by atoms with Gasteiger partial charge >= 0.3 is 0 Å². The zero-order chi connectivity index (χ0) is 9.97. The van der Waals surface area contributed by atoms with E-state index in [4.69, 9.17) is 5.11 Å². The lowest BCUT2D eigenvalue weighted by molar-refractivity contribution is 0.000408. The van der Waals surface area contributed by atoms with E-state index in [1.54, 1.807) is 22.9 Å². The summed E-state index contributed by atoms with van der Waals surface area (Å²) in [7, 11) is 0. The number of aliphatic hydroxyl groups excluding tert-OH is 1. The van der Waals surface area contributed by atoms with E-state index in [2.05, 4.69) is 4.90 Å². The first-order chi connectivity index (χ1) is 6.75. The zero-order valence-electron chi connectivity index (χ0n) is 7.97. The van der Waals surface area contributed by atoms with Crippen LogP contribution in [0.1, 0.15) is 0 Å². The third kappa shape index (κ3) is 2.02. The van der Waals surface area contributed by atoms with Crippen LogP contribution in [0, 0.1) is 0 Å². The van der Waals surface area contributed by atoms with E-state index in [1.165, 1.54) is 0 Å². The average Bonchev–Trinajstić information content (AvgIpc) is 2.13. The first kappa shape index (κ1) is 9.43. The van der Waals surface area contributed by atoms with Crippen molar-refractivity contribution >= 4 is 0 Å². The Bertz CT molecular complexity index is 355. The molecule has 0 aliphatic carbocycles. The van der Waals surface area contributed by atoms with Crippen LogP contribution in [0.4, 0.5) is 0 Å². The standard InChI is InChI=1S/C10H14N2O2/c13-9-7-11(8-9)5-6-12-4-2-1-3-10(12)14/h1-4,9,13H,5-8H2. The minimum absolute atomic E-state index is 0.0357. The second-order valence-electron chi connectivity index (χ2n) is 3.65. The molecule has 1 aliphatic rings. The van der Waals surface area contributed by atoms with Gasteiger partial charge in [0.2, 0.25) is 0 Å². The Hall–Kier alpha value is -1.13. The molecular formula is C10H14N2O2. The fraction of sp³-hybridized carbons (Fsp3) is 0.500. The maximum atomic E-state index is 11.3. The van der Waals surface area contributed by atoms with Crippen LogP contribution in [0.5, 0.6) is 0 Å². The lowest BCUT2D eigenvalue weighted by Crippen LogP contribution is -2.51. The van der Waals surface area contributed by atoms with Gasteiger partial charge in [-0.15, -0.1) is 0 Å². The number of rotatable bonds is 3. The highest BCUT2D eigenvalue weighted by Gasteiger charge is 2.23. The highest BCUT2D eigenvalue weighted by atomic mass is 16.3. The summed E-state index contributed by atoms with van der Waals surface area (Å²) < 4.78 is 1.69. The van der Waals surface area contributed by atoms with Gasteiger partial charge in [-0.05, 0) is 6.07 Å². The molecule has 1 fully saturated rings. The van der Waals surface area contributed by atoms with E-state index >= 15 is 0 Å². The van der Waals surface area contributed by atoms with Gasteiger partial charge in [-0.2, -0.15) is 0 Å². The molecule has 4 nitrogen and oxygen atoms in total. The van der Waals surface area contributed by atoms with Crippen molar-refractivity contribution in [3.05, 3.63) is 34.7 Å². The van der Waals surface area contributed by atoms with Gasteiger partial charge in [0, 0.05) is 38.4 Å². The lowest BCUT2D eigenvalue weighted by atomic mass is 10.2. The van der Waals surface area contributed by atoms with E-state index in [0.717, 1.165) is 19.6 Å². The molecule has 14 heavy (non-hydrogen) atoms. The van der Waals surface area contributed by atoms with Crippen molar-refractivity contribution in [1.29, 1.82) is 0 Å². The molecule has 0 spiro atoms. The summed E-state index contributed by atoms with van der Waals surface area (Å²) in [6.45, 7) is 3.01. The van der Waals surface area contributed by atoms with Crippen molar-refractivity contribution in [3.63, 3.8) is 0 Å². The van der Waals surface area contributed by atoms with Gasteiger partial charge in [-0.3, -0.25) is 9.69 Å². The number of pyridine rings is 1. The first-order valence-corrected chi connectivity index (χ1v) is 4.81. The summed E-state index contributed by atoms with van der Waals surface area (Å²) >= 11 is 0. The first-order valence-electron chi connectivity index (χ1n) is 4.81. The monoisotopic (exact) mass is 194 g/mol. The van der Waals surface area contributed by atoms with E-state index in [9.17, 15) is 4.79 Å². The number of nitrogens with zero attached hydrogens (tertiary/aromatic N) is 2. The Morgan fingerprint density at radius 2 is 2.14 bits per heavy atom. The van der Waals surface area contributed by atoms with Crippen molar-refractivity contribution in [1.82, 2.24) is 9.47 Å². The maximum Gasteiger partial charge on any atom is 0.250 e. The molecule has 1 aromatic rings. The summed E-state index contributed by atoms with van der Waals surface area (Å²) in [5.41, 5.74) is 0.0357. The molecule has 76 valence electrons. The SMILES string of the molecule is O=c1ccccn1CCN1CC(O)C1. The predicted molar refractivity (Wildman–Crippen MR) is 53.1 cm³/mol. The zero-order valence-corrected chi connectivity index (χ0v) is 7.97. The van der Waals surface area contributed by atoms with Crippen LogP contribution < -0.4 is 5.56 Å². The molecular weight excluding hydrogens is 180 g/mol. The van der Waals surface area contributed by atoms with Crippen LogP contribution in [0.15, 0.2) is 29.2 Å². The third-order valence-electron chi connectivity index (χ3n) is 2.49. The average molecular weight is 194 g/mol. The summed E-state index contributed by atoms with van der Waals surface area (Å²) in [6, 6.07) is 5.16. The molecule has 0 saturated carbocycles. The molecule has 2 rings (SSSR count). The molecule has 0 amide bonds. The largest absolute Gasteiger partial charge is 0.390 e. The molecule has 1 aliphatic heterocycles. The maximum absolute atomic E-state index is 11.3. The van der Waals surface area contributed by atoms with Gasteiger partial charge < -0.3 is 9.67 Å². The van der Waals surface area contributed by atoms with Gasteiger partial charge in [0.1, 0.15) is 0 Å². The molecule has 0 radical (unpaired) electrons. The van der Waals surface area contributed by atoms with Crippen molar-refractivity contribution in [2.75, 3.05) is 19.6 Å². The van der Waals surface area contributed by atoms with Gasteiger partial charge in [0.25, 0.3) is 5.56 Å². The molecule has 2 heterocycles. The quantitative estimate of drug-likeness (QED) is 0.707. The van der Waals surface area contributed by atoms with Gasteiger partial charge in [0.05, 0.1) is 6.10 Å². The van der Waals surface area contributed by atoms with E-state index in [-0.39, 0.29) is 11.7 Å². The van der Waals surface area contributed by atoms with Crippen LogP contribution in [-0.2, 0) is 6.54 Å². The van der Waals surface area contributed by atoms with Crippen LogP contribution in [-0.4, -0.2) is 40.3 Å². The fourth-order valence-electron chi connectivity index (χ4n) is 1.62. The highest BCUT2D eigenvalue weighted by molar-refractivity contribution is 4.93. The lowest BCUT2D eigenvalue weighted by Gasteiger charge is -2.35. The smallest absolute Gasteiger partial charge is 0.250 e. The second-order valence-corrected chi connectivity index (χ2v) is 3.65. The third-order valence-corrected chi connectivity index (χ3v) is 2.49. The molecule has 4 heteroatoms. The topological polar surface area (TPSA) is 45.5 Å². The second kappa shape index (κ2) is 3.94. The molecule has 0 unspecified atom stereocenters. The van der Waals surface area contributed by atoms with Gasteiger partial charge in [-0.1, -0.05) is 6.07 Å². The summed E-state index contributed by atoms with van der Waals surface area (Å²) in [5.74, 6) is 0. The van der Waals surface area contributed by atoms with Gasteiger partial charge in [-0.25, -0.2) is 0 Å². The van der Waals surface area contributed by atoms with Crippen molar-refractivity contribution < 1.29 is 5.11 Å². The Morgan fingerprint density at radius 3 is 2.79 bits per heavy atom. The number of aliphatic hydroxyl groups is 1. The normalized spacial score (nSPS) is 18.1. The van der Waals surface area contributed by atoms with Crippen molar-refractivity contribution in [2.24, 2.45) is 0 Å². The Morgan fingerprint density at radius 1 is 1.36 bits per heavy atom. The number of β-amino-alcohol motifs (C(OH)–C–C–N with tert-alkyl or cyclic N) is 1. The highest BCUT2D eigenvalue weighted by Crippen LogP contribution is 2.05. The Kier molecular flexibility index (Phi) is 2.65. The molecule has 0 aromatic carbocycles. The van der Waals surface area contributed by atoms with Crippen molar-refractivity contribution in [2.45, 2.75) is 12.6 Å². The fourth-order valence-corrected chi connectivity index (χ4v) is 1.62. The summed E-state index contributed by atoms with van der Waals surface area (Å²) in [4.78, 5) is 13.4. The Labute approximate surface area is 82.4 Å². The molecule has 0 atom stereocenters. The minimum atomic E-state index is -0.164. The summed E-state index contributed by atoms with van der Waals surface area (Å²) in [6.07, 6.45) is 1.63. The van der Waals surface area contributed by atoms with Crippen LogP contribution in [0.3, 0.4) is 0 Å². The van der Waals surface area contributed by atoms with E-state index < -0.39 is 0 Å². The summed E-state index contributed by atoms with van der Waals surface area (Å²) in [5, 5.41) is 9.06. The van der Waals surface area contributed by atoms with Crippen molar-refractivity contribution in [3.8, 4) is 0 Å². The molecule has 0 bridgehead atoms. The van der Waals surface area contributed by atoms with Crippen LogP contribution >= 0.6 is 0 Å². The van der Waals surface area contributed by atoms with Crippen LogP contribution in [0.2, 0.25) is 0 Å². The van der Waals surface area contributed by atoms with Crippen LogP contribution in [0.25, 0.3) is 0 Å². The number of hydrogen-bond donors (Lipinski definition) is 1. The van der Waals surface area contributed by atoms with E-state index in [1.807, 2.05) is 6.07 Å². The Balaban J connectivity index is 1.86. The minimum Gasteiger partial charge on any atom is -0.390 e.